The van der Waals surface area contributed by atoms with E-state index in [9.17, 15) is 28.8 Å². The number of thiol groups is 1. The van der Waals surface area contributed by atoms with Gasteiger partial charge in [-0.2, -0.15) is 24.4 Å². The largest absolute Gasteiger partial charge is 0.481 e. The molecule has 182 valence electrons. The summed E-state index contributed by atoms with van der Waals surface area (Å²) in [6.07, 6.45) is 0.366. The maximum atomic E-state index is 12.6. The summed E-state index contributed by atoms with van der Waals surface area (Å²) in [5.74, 6) is -6.69. The molecule has 0 aliphatic heterocycles. The Hall–Kier alpha value is -2.52. The summed E-state index contributed by atoms with van der Waals surface area (Å²) < 4.78 is 0. The summed E-state index contributed by atoms with van der Waals surface area (Å²) in [7, 11) is 0. The Morgan fingerprint density at radius 3 is 1.84 bits per heavy atom. The molecule has 0 heterocycles. The van der Waals surface area contributed by atoms with E-state index in [1.165, 1.54) is 11.8 Å². The zero-order valence-corrected chi connectivity index (χ0v) is 19.0. The van der Waals surface area contributed by atoms with Crippen LogP contribution in [0.3, 0.4) is 0 Å². The molecule has 0 aliphatic carbocycles. The van der Waals surface area contributed by atoms with E-state index >= 15 is 0 Å². The van der Waals surface area contributed by atoms with Gasteiger partial charge >= 0.3 is 17.9 Å². The Morgan fingerprint density at radius 2 is 1.38 bits per heavy atom. The highest BCUT2D eigenvalue weighted by molar-refractivity contribution is 7.98. The van der Waals surface area contributed by atoms with E-state index in [-0.39, 0.29) is 12.2 Å². The van der Waals surface area contributed by atoms with E-state index in [1.54, 1.807) is 0 Å². The predicted molar refractivity (Wildman–Crippen MR) is 117 cm³/mol. The SMILES string of the molecule is CSCCC(N)C(=O)NC(CCC(=O)O)C(=O)NC(CC(=O)O)C(=O)NC(CS)C(=O)O. The fourth-order valence-corrected chi connectivity index (χ4v) is 3.04. The van der Waals surface area contributed by atoms with E-state index in [0.29, 0.717) is 12.2 Å². The van der Waals surface area contributed by atoms with Crippen LogP contribution >= 0.6 is 24.4 Å². The lowest BCUT2D eigenvalue weighted by molar-refractivity contribution is -0.143. The van der Waals surface area contributed by atoms with E-state index in [0.717, 1.165) is 0 Å². The molecule has 8 N–H and O–H groups in total. The maximum absolute atomic E-state index is 12.6. The molecule has 4 atom stereocenters. The fourth-order valence-electron chi connectivity index (χ4n) is 2.31. The first-order valence-electron chi connectivity index (χ1n) is 9.35. The predicted octanol–water partition coefficient (Wildman–Crippen LogP) is -2.12. The quantitative estimate of drug-likeness (QED) is 0.108. The van der Waals surface area contributed by atoms with Gasteiger partial charge in [-0.05, 0) is 24.9 Å². The molecule has 0 saturated carbocycles. The Balaban J connectivity index is 5.45. The summed E-state index contributed by atoms with van der Waals surface area (Å²) in [6.45, 7) is 0. The lowest BCUT2D eigenvalue weighted by Gasteiger charge is -2.24. The number of carboxylic acid groups (broad SMARTS) is 3. The number of carbonyl (C=O) groups is 6. The second kappa shape index (κ2) is 15.3. The minimum absolute atomic E-state index is 0.292. The average Bonchev–Trinajstić information content (AvgIpc) is 2.71. The standard InChI is InChI=1S/C17H28N4O9S2/c1-32-5-4-8(18)14(26)19-9(2-3-12(22)23)15(27)20-10(6-13(24)25)16(28)21-11(7-31)17(29)30/h8-11,31H,2-7,18H2,1H3,(H,19,26)(H,20,27)(H,21,28)(H,22,23)(H,24,25)(H,29,30). The van der Waals surface area contributed by atoms with Gasteiger partial charge in [-0.3, -0.25) is 24.0 Å². The van der Waals surface area contributed by atoms with E-state index < -0.39 is 72.6 Å². The molecule has 15 heteroatoms. The molecule has 0 bridgehead atoms. The van der Waals surface area contributed by atoms with Gasteiger partial charge in [0.05, 0.1) is 12.5 Å². The summed E-state index contributed by atoms with van der Waals surface area (Å²) in [6, 6.07) is -5.50. The molecule has 0 aromatic rings. The van der Waals surface area contributed by atoms with E-state index in [1.807, 2.05) is 6.26 Å². The summed E-state index contributed by atoms with van der Waals surface area (Å²) in [4.78, 5) is 70.3. The third-order valence-electron chi connectivity index (χ3n) is 4.06. The molecule has 0 fully saturated rings. The number of hydrogen-bond acceptors (Lipinski definition) is 9. The monoisotopic (exact) mass is 496 g/mol. The number of carbonyl (C=O) groups excluding carboxylic acids is 3. The fraction of sp³-hybridized carbons (Fsp3) is 0.647. The van der Waals surface area contributed by atoms with Crippen LogP contribution in [-0.4, -0.2) is 92.9 Å². The highest BCUT2D eigenvalue weighted by Gasteiger charge is 2.31. The second-order valence-electron chi connectivity index (χ2n) is 6.62. The molecule has 0 spiro atoms. The van der Waals surface area contributed by atoms with Crippen LogP contribution < -0.4 is 21.7 Å². The van der Waals surface area contributed by atoms with Gasteiger partial charge in [0, 0.05) is 12.2 Å². The topological polar surface area (TPSA) is 225 Å². The molecule has 0 rings (SSSR count). The van der Waals surface area contributed by atoms with E-state index in [2.05, 4.69) is 28.6 Å². The van der Waals surface area contributed by atoms with Crippen molar-refractivity contribution >= 4 is 60.0 Å². The molecule has 3 amide bonds. The first kappa shape index (κ1) is 29.5. The molecule has 0 radical (unpaired) electrons. The number of hydrogen-bond donors (Lipinski definition) is 8. The zero-order valence-electron chi connectivity index (χ0n) is 17.3. The summed E-state index contributed by atoms with van der Waals surface area (Å²) >= 11 is 5.23. The molecule has 0 aromatic heterocycles. The number of thioether (sulfide) groups is 1. The third-order valence-corrected chi connectivity index (χ3v) is 5.07. The van der Waals surface area contributed by atoms with Gasteiger partial charge in [0.15, 0.2) is 0 Å². The Morgan fingerprint density at radius 1 is 0.844 bits per heavy atom. The number of amides is 3. The van der Waals surface area contributed by atoms with Crippen molar-refractivity contribution in [2.24, 2.45) is 5.73 Å². The number of nitrogens with one attached hydrogen (secondary N) is 3. The molecular weight excluding hydrogens is 468 g/mol. The van der Waals surface area contributed by atoms with Gasteiger partial charge in [0.1, 0.15) is 18.1 Å². The molecule has 0 saturated heterocycles. The number of rotatable bonds is 16. The van der Waals surface area contributed by atoms with Crippen molar-refractivity contribution in [1.82, 2.24) is 16.0 Å². The van der Waals surface area contributed by atoms with Gasteiger partial charge in [0.2, 0.25) is 17.7 Å². The van der Waals surface area contributed by atoms with Gasteiger partial charge in [-0.15, -0.1) is 0 Å². The second-order valence-corrected chi connectivity index (χ2v) is 7.97. The summed E-state index contributed by atoms with van der Waals surface area (Å²) in [5.41, 5.74) is 5.74. The van der Waals surface area contributed by atoms with Crippen LogP contribution in [-0.2, 0) is 28.8 Å². The molecule has 4 unspecified atom stereocenters. The van der Waals surface area contributed by atoms with Crippen molar-refractivity contribution in [3.05, 3.63) is 0 Å². The van der Waals surface area contributed by atoms with Gasteiger partial charge in [-0.1, -0.05) is 0 Å². The first-order valence-corrected chi connectivity index (χ1v) is 11.4. The van der Waals surface area contributed by atoms with Crippen LogP contribution in [0.1, 0.15) is 25.7 Å². The molecule has 13 nitrogen and oxygen atoms in total. The van der Waals surface area contributed by atoms with Crippen molar-refractivity contribution in [3.8, 4) is 0 Å². The lowest BCUT2D eigenvalue weighted by atomic mass is 10.1. The first-order chi connectivity index (χ1) is 14.9. The number of carboxylic acids is 3. The number of nitrogens with two attached hydrogens (primary N) is 1. The third kappa shape index (κ3) is 11.8. The van der Waals surface area contributed by atoms with E-state index in [4.69, 9.17) is 21.1 Å². The van der Waals surface area contributed by atoms with Gasteiger partial charge in [-0.25, -0.2) is 4.79 Å². The zero-order chi connectivity index (χ0) is 24.8. The van der Waals surface area contributed by atoms with Crippen molar-refractivity contribution in [2.75, 3.05) is 17.8 Å². The smallest absolute Gasteiger partial charge is 0.327 e. The minimum atomic E-state index is -1.68. The van der Waals surface area contributed by atoms with Crippen LogP contribution in [0.2, 0.25) is 0 Å². The van der Waals surface area contributed by atoms with Crippen molar-refractivity contribution in [3.63, 3.8) is 0 Å². The lowest BCUT2D eigenvalue weighted by Crippen LogP contribution is -2.57. The van der Waals surface area contributed by atoms with Crippen molar-refractivity contribution < 1.29 is 44.1 Å². The van der Waals surface area contributed by atoms with Crippen molar-refractivity contribution in [1.29, 1.82) is 0 Å². The highest BCUT2D eigenvalue weighted by Crippen LogP contribution is 2.04. The normalized spacial score (nSPS) is 14.3. The van der Waals surface area contributed by atoms with Crippen LogP contribution in [0.5, 0.6) is 0 Å². The highest BCUT2D eigenvalue weighted by atomic mass is 32.2. The maximum Gasteiger partial charge on any atom is 0.327 e. The number of aliphatic carboxylic acids is 3. The molecule has 0 aromatic carbocycles. The van der Waals surface area contributed by atoms with Crippen LogP contribution in [0.25, 0.3) is 0 Å². The molecule has 0 aliphatic rings. The van der Waals surface area contributed by atoms with Crippen LogP contribution in [0.15, 0.2) is 0 Å². The van der Waals surface area contributed by atoms with Crippen LogP contribution in [0.4, 0.5) is 0 Å². The average molecular weight is 497 g/mol. The molecule has 32 heavy (non-hydrogen) atoms. The van der Waals surface area contributed by atoms with Gasteiger partial charge in [0.25, 0.3) is 0 Å². The Labute approximate surface area is 193 Å². The van der Waals surface area contributed by atoms with Crippen LogP contribution in [0, 0.1) is 0 Å². The van der Waals surface area contributed by atoms with Crippen molar-refractivity contribution in [2.45, 2.75) is 49.9 Å². The Kier molecular flexibility index (Phi) is 14.1. The Bertz CT molecular complexity index is 708. The summed E-state index contributed by atoms with van der Waals surface area (Å²) in [5, 5.41) is 33.4. The minimum Gasteiger partial charge on any atom is -0.481 e. The van der Waals surface area contributed by atoms with Gasteiger partial charge < -0.3 is 37.0 Å². The molecular formula is C17H28N4O9S2.